The van der Waals surface area contributed by atoms with E-state index in [2.05, 4.69) is 43.1 Å². The summed E-state index contributed by atoms with van der Waals surface area (Å²) in [6.07, 6.45) is 6.17. The van der Waals surface area contributed by atoms with E-state index in [0.717, 1.165) is 19.3 Å². The molecule has 2 rings (SSSR count). The number of benzene rings is 1. The fourth-order valence-electron chi connectivity index (χ4n) is 3.03. The maximum Gasteiger partial charge on any atom is 0.235 e. The monoisotopic (exact) mass is 229 g/mol. The largest absolute Gasteiger partial charge is 0.235 e. The van der Waals surface area contributed by atoms with Gasteiger partial charge >= 0.3 is 0 Å². The van der Waals surface area contributed by atoms with Crippen LogP contribution in [0.5, 0.6) is 0 Å². The Morgan fingerprint density at radius 3 is 2.41 bits per heavy atom. The third-order valence-corrected chi connectivity index (χ3v) is 4.48. The highest BCUT2D eigenvalue weighted by molar-refractivity contribution is 5.39. The minimum atomic E-state index is -0.311. The van der Waals surface area contributed by atoms with Crippen LogP contribution in [-0.2, 0) is 10.2 Å². The zero-order valence-corrected chi connectivity index (χ0v) is 10.6. The van der Waals surface area contributed by atoms with Gasteiger partial charge in [-0.25, -0.2) is 4.79 Å². The molecular formula is C15H19NO. The van der Waals surface area contributed by atoms with Crippen molar-refractivity contribution in [1.29, 1.82) is 0 Å². The van der Waals surface area contributed by atoms with Crippen LogP contribution in [0.15, 0.2) is 35.3 Å². The summed E-state index contributed by atoms with van der Waals surface area (Å²) in [5.41, 5.74) is 0.916. The summed E-state index contributed by atoms with van der Waals surface area (Å²) in [4.78, 5) is 14.8. The summed E-state index contributed by atoms with van der Waals surface area (Å²) < 4.78 is 0. The molecule has 0 amide bonds. The van der Waals surface area contributed by atoms with Crippen LogP contribution in [-0.4, -0.2) is 11.6 Å². The Balaban J connectivity index is 2.49. The van der Waals surface area contributed by atoms with Crippen molar-refractivity contribution >= 4 is 6.08 Å². The second-order valence-electron chi connectivity index (χ2n) is 5.38. The van der Waals surface area contributed by atoms with Crippen molar-refractivity contribution in [3.8, 4) is 0 Å². The van der Waals surface area contributed by atoms with E-state index in [4.69, 9.17) is 0 Å². The number of hydrogen-bond acceptors (Lipinski definition) is 2. The first-order chi connectivity index (χ1) is 8.12. The van der Waals surface area contributed by atoms with E-state index < -0.39 is 0 Å². The highest BCUT2D eigenvalue weighted by atomic mass is 16.1. The van der Waals surface area contributed by atoms with Crippen molar-refractivity contribution in [2.24, 2.45) is 4.99 Å². The number of hydrogen-bond donors (Lipinski definition) is 0. The van der Waals surface area contributed by atoms with Crippen LogP contribution >= 0.6 is 0 Å². The molecule has 1 saturated carbocycles. The molecular weight excluding hydrogens is 210 g/mol. The summed E-state index contributed by atoms with van der Waals surface area (Å²) in [6.45, 7) is 4.31. The van der Waals surface area contributed by atoms with Crippen LogP contribution in [0.4, 0.5) is 0 Å². The molecule has 90 valence electrons. The van der Waals surface area contributed by atoms with Crippen LogP contribution in [0, 0.1) is 0 Å². The Bertz CT molecular complexity index is 435. The zero-order valence-electron chi connectivity index (χ0n) is 10.6. The lowest BCUT2D eigenvalue weighted by atomic mass is 9.60. The third-order valence-electron chi connectivity index (χ3n) is 4.48. The Labute approximate surface area is 103 Å². The summed E-state index contributed by atoms with van der Waals surface area (Å²) in [6, 6.07) is 10.4. The highest BCUT2D eigenvalue weighted by Gasteiger charge is 2.47. The standard InChI is InChI=1S/C15H19NO/c1-14(13-8-4-3-5-9-13)10-6-7-11-15(14,2)16-12-17/h3-5,8-9H,6-7,10-11H2,1-2H3. The predicted octanol–water partition coefficient (Wildman–Crippen LogP) is 3.61. The number of isocyanates is 1. The second-order valence-corrected chi connectivity index (χ2v) is 5.38. The Hall–Kier alpha value is -1.40. The van der Waals surface area contributed by atoms with E-state index in [0.29, 0.717) is 0 Å². The normalized spacial score (nSPS) is 32.8. The number of aliphatic imine (C=N–C) groups is 1. The van der Waals surface area contributed by atoms with Gasteiger partial charge in [-0.2, -0.15) is 4.99 Å². The van der Waals surface area contributed by atoms with Gasteiger partial charge in [-0.3, -0.25) is 0 Å². The van der Waals surface area contributed by atoms with Gasteiger partial charge in [0.15, 0.2) is 0 Å². The number of carbonyl (C=O) groups excluding carboxylic acids is 1. The van der Waals surface area contributed by atoms with Gasteiger partial charge in [-0.15, -0.1) is 0 Å². The molecule has 0 aliphatic heterocycles. The van der Waals surface area contributed by atoms with Crippen LogP contribution in [0.25, 0.3) is 0 Å². The number of nitrogens with zero attached hydrogens (tertiary/aromatic N) is 1. The Morgan fingerprint density at radius 1 is 1.12 bits per heavy atom. The van der Waals surface area contributed by atoms with Crippen LogP contribution < -0.4 is 0 Å². The van der Waals surface area contributed by atoms with Crippen molar-refractivity contribution in [3.05, 3.63) is 35.9 Å². The topological polar surface area (TPSA) is 29.4 Å². The van der Waals surface area contributed by atoms with E-state index in [-0.39, 0.29) is 11.0 Å². The maximum atomic E-state index is 10.7. The van der Waals surface area contributed by atoms with Gasteiger partial charge in [0.2, 0.25) is 6.08 Å². The molecule has 1 aromatic carbocycles. The molecule has 0 saturated heterocycles. The Kier molecular flexibility index (Phi) is 3.17. The lowest BCUT2D eigenvalue weighted by molar-refractivity contribution is 0.179. The lowest BCUT2D eigenvalue weighted by Crippen LogP contribution is -2.48. The molecule has 0 bridgehead atoms. The summed E-state index contributed by atoms with van der Waals surface area (Å²) in [5, 5.41) is 0. The first-order valence-electron chi connectivity index (χ1n) is 6.27. The molecule has 0 heterocycles. The molecule has 0 spiro atoms. The molecule has 1 aliphatic carbocycles. The van der Waals surface area contributed by atoms with Gasteiger partial charge in [0.05, 0.1) is 5.54 Å². The predicted molar refractivity (Wildman–Crippen MR) is 68.8 cm³/mol. The van der Waals surface area contributed by atoms with E-state index >= 15 is 0 Å². The minimum absolute atomic E-state index is 0.0517. The van der Waals surface area contributed by atoms with Gasteiger partial charge in [-0.1, -0.05) is 50.1 Å². The molecule has 0 N–H and O–H groups in total. The van der Waals surface area contributed by atoms with Crippen LogP contribution in [0.3, 0.4) is 0 Å². The molecule has 1 aliphatic rings. The van der Waals surface area contributed by atoms with Crippen molar-refractivity contribution in [2.75, 3.05) is 0 Å². The first kappa shape index (κ1) is 12.1. The molecule has 2 heteroatoms. The van der Waals surface area contributed by atoms with Gasteiger partial charge in [0, 0.05) is 5.41 Å². The second kappa shape index (κ2) is 4.46. The maximum absolute atomic E-state index is 10.7. The average molecular weight is 229 g/mol. The molecule has 2 nitrogen and oxygen atoms in total. The van der Waals surface area contributed by atoms with Crippen molar-refractivity contribution in [3.63, 3.8) is 0 Å². The van der Waals surface area contributed by atoms with E-state index in [9.17, 15) is 4.79 Å². The molecule has 0 aromatic heterocycles. The van der Waals surface area contributed by atoms with Crippen LogP contribution in [0.1, 0.15) is 45.1 Å². The molecule has 1 aromatic rings. The third kappa shape index (κ3) is 1.94. The van der Waals surface area contributed by atoms with E-state index in [1.165, 1.54) is 12.0 Å². The fourth-order valence-corrected chi connectivity index (χ4v) is 3.03. The smallest absolute Gasteiger partial charge is 0.211 e. The highest BCUT2D eigenvalue weighted by Crippen LogP contribution is 2.48. The van der Waals surface area contributed by atoms with Crippen molar-refractivity contribution in [2.45, 2.75) is 50.5 Å². The molecule has 17 heavy (non-hydrogen) atoms. The van der Waals surface area contributed by atoms with Crippen molar-refractivity contribution < 1.29 is 4.79 Å². The molecule has 2 unspecified atom stereocenters. The molecule has 2 atom stereocenters. The first-order valence-corrected chi connectivity index (χ1v) is 6.27. The van der Waals surface area contributed by atoms with E-state index in [1.807, 2.05) is 6.07 Å². The average Bonchev–Trinajstić information content (AvgIpc) is 2.35. The summed E-state index contributed by atoms with van der Waals surface area (Å²) in [5.74, 6) is 0. The van der Waals surface area contributed by atoms with E-state index in [1.54, 1.807) is 6.08 Å². The van der Waals surface area contributed by atoms with Gasteiger partial charge < -0.3 is 0 Å². The quantitative estimate of drug-likeness (QED) is 0.562. The van der Waals surface area contributed by atoms with Crippen LogP contribution in [0.2, 0.25) is 0 Å². The van der Waals surface area contributed by atoms with Gasteiger partial charge in [0.1, 0.15) is 0 Å². The van der Waals surface area contributed by atoms with Crippen molar-refractivity contribution in [1.82, 2.24) is 0 Å². The molecule has 1 fully saturated rings. The zero-order chi connectivity index (χ0) is 12.4. The minimum Gasteiger partial charge on any atom is -0.211 e. The lowest BCUT2D eigenvalue weighted by Gasteiger charge is -2.47. The summed E-state index contributed by atoms with van der Waals surface area (Å²) >= 11 is 0. The number of rotatable bonds is 2. The Morgan fingerprint density at radius 2 is 1.76 bits per heavy atom. The fraction of sp³-hybridized carbons (Fsp3) is 0.533. The molecule has 0 radical (unpaired) electrons. The van der Waals surface area contributed by atoms with Gasteiger partial charge in [-0.05, 0) is 25.3 Å². The van der Waals surface area contributed by atoms with Gasteiger partial charge in [0.25, 0.3) is 0 Å². The summed E-state index contributed by atoms with van der Waals surface area (Å²) in [7, 11) is 0. The SMILES string of the molecule is CC1(N=C=O)CCCCC1(C)c1ccccc1.